The summed E-state index contributed by atoms with van der Waals surface area (Å²) in [6.07, 6.45) is 2.18. The highest BCUT2D eigenvalue weighted by Crippen LogP contribution is 2.17. The Labute approximate surface area is 118 Å². The molecule has 4 heteroatoms. The van der Waals surface area contributed by atoms with Gasteiger partial charge in [-0.2, -0.15) is 5.26 Å². The summed E-state index contributed by atoms with van der Waals surface area (Å²) in [6, 6.07) is 15.8. The molecule has 2 aromatic rings. The second kappa shape index (κ2) is 6.77. The first-order valence-corrected chi connectivity index (χ1v) is 6.45. The number of anilines is 1. The monoisotopic (exact) mass is 271 g/mol. The molecule has 0 spiro atoms. The van der Waals surface area contributed by atoms with Crippen molar-refractivity contribution in [2.75, 3.05) is 11.4 Å². The fourth-order valence-corrected chi connectivity index (χ4v) is 2.04. The smallest absolute Gasteiger partial charge is 0.0640 e. The molecule has 0 unspecified atom stereocenters. The zero-order chi connectivity index (χ0) is 13.5. The van der Waals surface area contributed by atoms with Crippen molar-refractivity contribution in [1.82, 2.24) is 4.98 Å². The molecule has 0 saturated heterocycles. The molecule has 0 amide bonds. The van der Waals surface area contributed by atoms with E-state index in [1.807, 2.05) is 36.4 Å². The zero-order valence-electron chi connectivity index (χ0n) is 10.5. The summed E-state index contributed by atoms with van der Waals surface area (Å²) < 4.78 is 0. The Hall–Kier alpha value is -2.05. The highest BCUT2D eigenvalue weighted by Gasteiger charge is 2.07. The third-order valence-corrected chi connectivity index (χ3v) is 2.98. The highest BCUT2D eigenvalue weighted by molar-refractivity contribution is 6.30. The molecule has 3 nitrogen and oxygen atoms in total. The Morgan fingerprint density at radius 2 is 2.00 bits per heavy atom. The number of hydrogen-bond acceptors (Lipinski definition) is 3. The lowest BCUT2D eigenvalue weighted by Gasteiger charge is -2.23. The lowest BCUT2D eigenvalue weighted by Crippen LogP contribution is -2.24. The van der Waals surface area contributed by atoms with E-state index in [1.165, 1.54) is 0 Å². The number of halogens is 1. The van der Waals surface area contributed by atoms with Crippen LogP contribution in [0.15, 0.2) is 48.7 Å². The molecule has 0 atom stereocenters. The Kier molecular flexibility index (Phi) is 4.77. The summed E-state index contributed by atoms with van der Waals surface area (Å²) in [6.45, 7) is 1.32. The first-order valence-electron chi connectivity index (χ1n) is 6.07. The number of nitrogens with zero attached hydrogens (tertiary/aromatic N) is 3. The van der Waals surface area contributed by atoms with Gasteiger partial charge in [0.25, 0.3) is 0 Å². The molecule has 2 rings (SSSR count). The van der Waals surface area contributed by atoms with E-state index in [0.717, 1.165) is 11.4 Å². The van der Waals surface area contributed by atoms with Crippen LogP contribution in [0.2, 0.25) is 5.02 Å². The fourth-order valence-electron chi connectivity index (χ4n) is 1.85. The Balaban J connectivity index is 2.17. The van der Waals surface area contributed by atoms with Gasteiger partial charge < -0.3 is 4.90 Å². The van der Waals surface area contributed by atoms with E-state index in [4.69, 9.17) is 16.9 Å². The summed E-state index contributed by atoms with van der Waals surface area (Å²) in [4.78, 5) is 6.43. The van der Waals surface area contributed by atoms with Crippen LogP contribution in [-0.2, 0) is 6.54 Å². The second-order valence-electron chi connectivity index (χ2n) is 4.13. The average molecular weight is 272 g/mol. The van der Waals surface area contributed by atoms with Gasteiger partial charge in [-0.15, -0.1) is 0 Å². The largest absolute Gasteiger partial charge is 0.365 e. The van der Waals surface area contributed by atoms with Gasteiger partial charge in [0.15, 0.2) is 0 Å². The maximum Gasteiger partial charge on any atom is 0.0640 e. The highest BCUT2D eigenvalue weighted by atomic mass is 35.5. The van der Waals surface area contributed by atoms with Gasteiger partial charge in [-0.1, -0.05) is 29.8 Å². The quantitative estimate of drug-likeness (QED) is 0.833. The van der Waals surface area contributed by atoms with Crippen LogP contribution in [0.1, 0.15) is 12.1 Å². The molecule has 1 aromatic carbocycles. The van der Waals surface area contributed by atoms with Gasteiger partial charge in [-0.05, 0) is 24.3 Å². The molecule has 19 heavy (non-hydrogen) atoms. The molecule has 96 valence electrons. The number of nitriles is 1. The van der Waals surface area contributed by atoms with Crippen molar-refractivity contribution in [2.24, 2.45) is 0 Å². The van der Waals surface area contributed by atoms with Gasteiger partial charge in [0.2, 0.25) is 0 Å². The van der Waals surface area contributed by atoms with E-state index >= 15 is 0 Å². The van der Waals surface area contributed by atoms with Crippen LogP contribution < -0.4 is 4.90 Å². The molecule has 0 fully saturated rings. The number of aromatic nitrogens is 1. The SMILES string of the molecule is N#CCCN(Cc1cc(Cl)ccn1)c1ccccc1. The standard InChI is InChI=1S/C15H14ClN3/c16-13-7-9-18-14(11-13)12-19(10-4-8-17)15-5-2-1-3-6-15/h1-3,5-7,9,11H,4,10,12H2. The van der Waals surface area contributed by atoms with Gasteiger partial charge in [-0.3, -0.25) is 4.98 Å². The van der Waals surface area contributed by atoms with Crippen LogP contribution >= 0.6 is 11.6 Å². The minimum Gasteiger partial charge on any atom is -0.365 e. The fraction of sp³-hybridized carbons (Fsp3) is 0.200. The van der Waals surface area contributed by atoms with Crippen molar-refractivity contribution in [3.63, 3.8) is 0 Å². The Bertz CT molecular complexity index is 563. The first-order chi connectivity index (χ1) is 9.29. The van der Waals surface area contributed by atoms with Crippen molar-refractivity contribution in [2.45, 2.75) is 13.0 Å². The first kappa shape index (κ1) is 13.4. The van der Waals surface area contributed by atoms with Gasteiger partial charge in [0.05, 0.1) is 24.7 Å². The predicted octanol–water partition coefficient (Wildman–Crippen LogP) is 3.66. The molecule has 0 radical (unpaired) electrons. The number of benzene rings is 1. The van der Waals surface area contributed by atoms with Crippen LogP contribution in [0.3, 0.4) is 0 Å². The van der Waals surface area contributed by atoms with Gasteiger partial charge in [0.1, 0.15) is 0 Å². The minimum absolute atomic E-state index is 0.482. The summed E-state index contributed by atoms with van der Waals surface area (Å²) in [5.74, 6) is 0. The van der Waals surface area contributed by atoms with Crippen molar-refractivity contribution in [3.05, 3.63) is 59.4 Å². The van der Waals surface area contributed by atoms with Crippen LogP contribution in [0, 0.1) is 11.3 Å². The van der Waals surface area contributed by atoms with Crippen molar-refractivity contribution < 1.29 is 0 Å². The minimum atomic E-state index is 0.482. The van der Waals surface area contributed by atoms with E-state index < -0.39 is 0 Å². The van der Waals surface area contributed by atoms with E-state index in [1.54, 1.807) is 12.3 Å². The zero-order valence-corrected chi connectivity index (χ0v) is 11.2. The van der Waals surface area contributed by atoms with Crippen molar-refractivity contribution >= 4 is 17.3 Å². The molecule has 1 aromatic heterocycles. The third kappa shape index (κ3) is 3.97. The normalized spacial score (nSPS) is 9.89. The van der Waals surface area contributed by atoms with E-state index in [-0.39, 0.29) is 0 Å². The lowest BCUT2D eigenvalue weighted by atomic mass is 10.2. The average Bonchev–Trinajstić information content (AvgIpc) is 2.44. The van der Waals surface area contributed by atoms with Crippen molar-refractivity contribution in [1.29, 1.82) is 5.26 Å². The maximum atomic E-state index is 8.76. The molecule has 0 bridgehead atoms. The molecule has 0 aliphatic rings. The Morgan fingerprint density at radius 3 is 2.68 bits per heavy atom. The van der Waals surface area contributed by atoms with Crippen LogP contribution in [0.5, 0.6) is 0 Å². The number of pyridine rings is 1. The molecule has 1 heterocycles. The summed E-state index contributed by atoms with van der Waals surface area (Å²) in [7, 11) is 0. The van der Waals surface area contributed by atoms with E-state index in [9.17, 15) is 0 Å². The molecule has 0 aliphatic carbocycles. The van der Waals surface area contributed by atoms with Crippen LogP contribution in [0.4, 0.5) is 5.69 Å². The molecule has 0 saturated carbocycles. The molecule has 0 N–H and O–H groups in total. The predicted molar refractivity (Wildman–Crippen MR) is 77.0 cm³/mol. The van der Waals surface area contributed by atoms with Crippen LogP contribution in [-0.4, -0.2) is 11.5 Å². The molecule has 0 aliphatic heterocycles. The van der Waals surface area contributed by atoms with Crippen LogP contribution in [0.25, 0.3) is 0 Å². The maximum absolute atomic E-state index is 8.76. The van der Waals surface area contributed by atoms with Crippen molar-refractivity contribution in [3.8, 4) is 6.07 Å². The summed E-state index contributed by atoms with van der Waals surface area (Å²) in [5.41, 5.74) is 1.98. The molecular weight excluding hydrogens is 258 g/mol. The number of hydrogen-bond donors (Lipinski definition) is 0. The third-order valence-electron chi connectivity index (χ3n) is 2.75. The van der Waals surface area contributed by atoms with E-state index in [2.05, 4.69) is 16.0 Å². The summed E-state index contributed by atoms with van der Waals surface area (Å²) in [5, 5.41) is 9.44. The second-order valence-corrected chi connectivity index (χ2v) is 4.57. The van der Waals surface area contributed by atoms with E-state index in [0.29, 0.717) is 24.5 Å². The van der Waals surface area contributed by atoms with Gasteiger partial charge in [0, 0.05) is 23.5 Å². The van der Waals surface area contributed by atoms with Gasteiger partial charge >= 0.3 is 0 Å². The summed E-state index contributed by atoms with van der Waals surface area (Å²) >= 11 is 5.97. The Morgan fingerprint density at radius 1 is 1.21 bits per heavy atom. The number of para-hydroxylation sites is 1. The van der Waals surface area contributed by atoms with Gasteiger partial charge in [-0.25, -0.2) is 0 Å². The lowest BCUT2D eigenvalue weighted by molar-refractivity contribution is 0.781. The topological polar surface area (TPSA) is 39.9 Å². The molecular formula is C15H14ClN3. The number of rotatable bonds is 5.